The number of carbonyl (C=O) groups is 1. The lowest BCUT2D eigenvalue weighted by Crippen LogP contribution is -2.02. The molecular formula is C8H6NO4-. The number of aldehydes is 1. The predicted octanol–water partition coefficient (Wildman–Crippen LogP) is 0.789. The number of rotatable bonds is 2. The minimum atomic E-state index is -0.828. The van der Waals surface area contributed by atoms with Crippen LogP contribution in [0.2, 0.25) is 0 Å². The maximum absolute atomic E-state index is 11.1. The molecule has 0 radical (unpaired) electrons. The summed E-state index contributed by atoms with van der Waals surface area (Å²) in [5, 5.41) is 21.5. The highest BCUT2D eigenvalue weighted by Gasteiger charge is 2.10. The van der Waals surface area contributed by atoms with Crippen LogP contribution in [0.25, 0.3) is 0 Å². The second kappa shape index (κ2) is 3.22. The molecule has 0 amide bonds. The summed E-state index contributed by atoms with van der Waals surface area (Å²) in [6.07, 6.45) is 0.322. The Labute approximate surface area is 73.8 Å². The molecule has 13 heavy (non-hydrogen) atoms. The Morgan fingerprint density at radius 1 is 1.46 bits per heavy atom. The topological polar surface area (TPSA) is 83.3 Å². The van der Waals surface area contributed by atoms with E-state index in [0.717, 1.165) is 6.07 Å². The van der Waals surface area contributed by atoms with Crippen molar-refractivity contribution in [1.82, 2.24) is 0 Å². The molecule has 0 atom stereocenters. The Morgan fingerprint density at radius 2 is 2.08 bits per heavy atom. The van der Waals surface area contributed by atoms with Gasteiger partial charge in [-0.15, -0.1) is 0 Å². The maximum atomic E-state index is 11.1. The Kier molecular flexibility index (Phi) is 2.27. The van der Waals surface area contributed by atoms with Gasteiger partial charge in [0.2, 0.25) is 0 Å². The van der Waals surface area contributed by atoms with Crippen LogP contribution in [0.4, 0.5) is 5.69 Å². The van der Waals surface area contributed by atoms with Crippen LogP contribution in [0.5, 0.6) is 5.75 Å². The molecular weight excluding hydrogens is 174 g/mol. The highest BCUT2D eigenvalue weighted by atomic mass is 16.6. The number of nitro benzene ring substituents is 1. The van der Waals surface area contributed by atoms with Gasteiger partial charge in [0.05, 0.1) is 4.92 Å². The molecule has 5 heteroatoms. The van der Waals surface area contributed by atoms with E-state index in [4.69, 9.17) is 0 Å². The molecule has 0 saturated heterocycles. The molecule has 0 spiro atoms. The van der Waals surface area contributed by atoms with Crippen LogP contribution in [-0.4, -0.2) is 11.2 Å². The second-order valence-corrected chi connectivity index (χ2v) is 2.58. The molecule has 5 nitrogen and oxygen atoms in total. The van der Waals surface area contributed by atoms with Gasteiger partial charge in [0.25, 0.3) is 5.69 Å². The number of carbonyl (C=O) groups excluding carboxylic acids is 1. The van der Waals surface area contributed by atoms with E-state index in [0.29, 0.717) is 11.8 Å². The summed E-state index contributed by atoms with van der Waals surface area (Å²) in [5.74, 6) is -0.828. The minimum Gasteiger partial charge on any atom is -0.867 e. The third-order valence-electron chi connectivity index (χ3n) is 1.57. The molecule has 68 valence electrons. The number of nitro groups is 1. The summed E-state index contributed by atoms with van der Waals surface area (Å²) in [7, 11) is 0. The SMILES string of the molecule is Cc1cc(C=O)c([O-])c([N+](=O)[O-])c1. The van der Waals surface area contributed by atoms with E-state index in [1.165, 1.54) is 6.07 Å². The van der Waals surface area contributed by atoms with Crippen molar-refractivity contribution in [3.63, 3.8) is 0 Å². The fourth-order valence-corrected chi connectivity index (χ4v) is 1.00. The van der Waals surface area contributed by atoms with Gasteiger partial charge < -0.3 is 5.11 Å². The molecule has 0 aliphatic rings. The highest BCUT2D eigenvalue weighted by Crippen LogP contribution is 2.27. The Morgan fingerprint density at radius 3 is 2.54 bits per heavy atom. The molecule has 0 saturated carbocycles. The van der Waals surface area contributed by atoms with E-state index >= 15 is 0 Å². The van der Waals surface area contributed by atoms with Crippen molar-refractivity contribution in [1.29, 1.82) is 0 Å². The number of aryl methyl sites for hydroxylation is 1. The van der Waals surface area contributed by atoms with Crippen LogP contribution in [0.1, 0.15) is 15.9 Å². The van der Waals surface area contributed by atoms with Crippen molar-refractivity contribution in [2.45, 2.75) is 6.92 Å². The molecule has 0 bridgehead atoms. The average Bonchev–Trinajstić information content (AvgIpc) is 2.08. The fourth-order valence-electron chi connectivity index (χ4n) is 1.00. The van der Waals surface area contributed by atoms with Gasteiger partial charge >= 0.3 is 0 Å². The molecule has 1 aromatic rings. The van der Waals surface area contributed by atoms with Crippen LogP contribution in [0, 0.1) is 17.0 Å². The lowest BCUT2D eigenvalue weighted by atomic mass is 10.1. The first-order valence-corrected chi connectivity index (χ1v) is 3.47. The highest BCUT2D eigenvalue weighted by molar-refractivity contribution is 5.82. The van der Waals surface area contributed by atoms with Crippen LogP contribution in [-0.2, 0) is 0 Å². The summed E-state index contributed by atoms with van der Waals surface area (Å²) in [6.45, 7) is 1.58. The third kappa shape index (κ3) is 1.64. The first-order chi connectivity index (χ1) is 6.06. The van der Waals surface area contributed by atoms with E-state index in [1.807, 2.05) is 0 Å². The largest absolute Gasteiger partial charge is 0.867 e. The second-order valence-electron chi connectivity index (χ2n) is 2.58. The van der Waals surface area contributed by atoms with Gasteiger partial charge in [0, 0.05) is 11.6 Å². The van der Waals surface area contributed by atoms with Crippen molar-refractivity contribution in [2.24, 2.45) is 0 Å². The van der Waals surface area contributed by atoms with Crippen LogP contribution >= 0.6 is 0 Å². The maximum Gasteiger partial charge on any atom is 0.262 e. The van der Waals surface area contributed by atoms with Crippen LogP contribution in [0.3, 0.4) is 0 Å². The molecule has 0 N–H and O–H groups in total. The zero-order valence-corrected chi connectivity index (χ0v) is 6.81. The van der Waals surface area contributed by atoms with Gasteiger partial charge in [-0.25, -0.2) is 0 Å². The third-order valence-corrected chi connectivity index (χ3v) is 1.57. The van der Waals surface area contributed by atoms with Crippen molar-refractivity contribution in [2.75, 3.05) is 0 Å². The summed E-state index contributed by atoms with van der Waals surface area (Å²) in [6, 6.07) is 2.47. The summed E-state index contributed by atoms with van der Waals surface area (Å²) in [4.78, 5) is 19.9. The van der Waals surface area contributed by atoms with Gasteiger partial charge in [-0.05, 0) is 24.3 Å². The predicted molar refractivity (Wildman–Crippen MR) is 42.7 cm³/mol. The first kappa shape index (κ1) is 9.18. The Balaban J connectivity index is 3.44. The number of hydrogen-bond donors (Lipinski definition) is 0. The number of hydrogen-bond acceptors (Lipinski definition) is 4. The number of benzene rings is 1. The minimum absolute atomic E-state index is 0.174. The Bertz CT molecular complexity index is 373. The van der Waals surface area contributed by atoms with E-state index in [-0.39, 0.29) is 5.56 Å². The molecule has 0 heterocycles. The lowest BCUT2D eigenvalue weighted by molar-refractivity contribution is -0.398. The Hall–Kier alpha value is -1.91. The average molecular weight is 180 g/mol. The molecule has 0 unspecified atom stereocenters. The van der Waals surface area contributed by atoms with Gasteiger partial charge in [0.1, 0.15) is 6.29 Å². The van der Waals surface area contributed by atoms with Crippen molar-refractivity contribution >= 4 is 12.0 Å². The molecule has 0 aliphatic carbocycles. The van der Waals surface area contributed by atoms with Gasteiger partial charge in [-0.2, -0.15) is 0 Å². The standard InChI is InChI=1S/C8H7NO4/c1-5-2-6(4-10)8(11)7(3-5)9(12)13/h2-4,11H,1H3/p-1. The van der Waals surface area contributed by atoms with Crippen LogP contribution < -0.4 is 5.11 Å². The van der Waals surface area contributed by atoms with E-state index < -0.39 is 16.4 Å². The quantitative estimate of drug-likeness (QED) is 0.382. The summed E-state index contributed by atoms with van der Waals surface area (Å²) >= 11 is 0. The first-order valence-electron chi connectivity index (χ1n) is 3.47. The molecule has 1 aromatic carbocycles. The van der Waals surface area contributed by atoms with Gasteiger partial charge in [-0.3, -0.25) is 14.9 Å². The molecule has 1 rings (SSSR count). The van der Waals surface area contributed by atoms with E-state index in [9.17, 15) is 20.0 Å². The summed E-state index contributed by atoms with van der Waals surface area (Å²) < 4.78 is 0. The van der Waals surface area contributed by atoms with Crippen LogP contribution in [0.15, 0.2) is 12.1 Å². The van der Waals surface area contributed by atoms with E-state index in [2.05, 4.69) is 0 Å². The normalized spacial score (nSPS) is 9.62. The smallest absolute Gasteiger partial charge is 0.262 e. The van der Waals surface area contributed by atoms with Crippen molar-refractivity contribution in [3.8, 4) is 5.75 Å². The zero-order chi connectivity index (χ0) is 10.0. The van der Waals surface area contributed by atoms with Gasteiger partial charge in [-0.1, -0.05) is 0 Å². The molecule has 0 aromatic heterocycles. The molecule has 0 fully saturated rings. The van der Waals surface area contributed by atoms with Crippen molar-refractivity contribution in [3.05, 3.63) is 33.4 Å². The lowest BCUT2D eigenvalue weighted by Gasteiger charge is -2.09. The van der Waals surface area contributed by atoms with Crippen molar-refractivity contribution < 1.29 is 14.8 Å². The van der Waals surface area contributed by atoms with Gasteiger partial charge in [0.15, 0.2) is 0 Å². The van der Waals surface area contributed by atoms with E-state index in [1.54, 1.807) is 6.92 Å². The zero-order valence-electron chi connectivity index (χ0n) is 6.81. The summed E-state index contributed by atoms with van der Waals surface area (Å²) in [5.41, 5.74) is -0.206. The monoisotopic (exact) mass is 180 g/mol. The molecule has 0 aliphatic heterocycles. The fraction of sp³-hybridized carbons (Fsp3) is 0.125. The number of nitrogens with zero attached hydrogens (tertiary/aromatic N) is 1.